The number of rotatable bonds is 1. The zero-order valence-corrected chi connectivity index (χ0v) is 9.45. The Labute approximate surface area is 91.2 Å². The molecule has 2 amide bonds. The summed E-state index contributed by atoms with van der Waals surface area (Å²) in [6, 6.07) is 0.697. The predicted molar refractivity (Wildman–Crippen MR) is 57.8 cm³/mol. The van der Waals surface area contributed by atoms with Crippen LogP contribution in [0.1, 0.15) is 26.2 Å². The first-order valence-electron chi connectivity index (χ1n) is 5.96. The molecular weight excluding hydrogens is 192 g/mol. The molecule has 0 aromatic heterocycles. The van der Waals surface area contributed by atoms with Gasteiger partial charge in [-0.3, -0.25) is 0 Å². The molecule has 2 aliphatic heterocycles. The van der Waals surface area contributed by atoms with Gasteiger partial charge in [0, 0.05) is 25.7 Å². The van der Waals surface area contributed by atoms with Crippen molar-refractivity contribution < 1.29 is 9.53 Å². The van der Waals surface area contributed by atoms with Crippen LogP contribution < -0.4 is 0 Å². The first kappa shape index (κ1) is 10.7. The van der Waals surface area contributed by atoms with E-state index >= 15 is 0 Å². The lowest BCUT2D eigenvalue weighted by atomic mass is 10.2. The second-order valence-electron chi connectivity index (χ2n) is 4.28. The molecule has 2 rings (SSSR count). The fourth-order valence-electron chi connectivity index (χ4n) is 2.45. The molecule has 2 heterocycles. The van der Waals surface area contributed by atoms with Crippen LogP contribution >= 0.6 is 0 Å². The molecule has 1 atom stereocenters. The summed E-state index contributed by atoms with van der Waals surface area (Å²) in [7, 11) is 0. The molecule has 4 nitrogen and oxygen atoms in total. The summed E-state index contributed by atoms with van der Waals surface area (Å²) in [6.45, 7) is 5.99. The zero-order valence-electron chi connectivity index (χ0n) is 9.45. The van der Waals surface area contributed by atoms with Gasteiger partial charge in [-0.1, -0.05) is 6.92 Å². The quantitative estimate of drug-likeness (QED) is 0.656. The van der Waals surface area contributed by atoms with Crippen molar-refractivity contribution in [2.75, 3.05) is 32.8 Å². The van der Waals surface area contributed by atoms with Crippen molar-refractivity contribution >= 4 is 6.03 Å². The first-order valence-corrected chi connectivity index (χ1v) is 5.96. The number of nitrogens with zero attached hydrogens (tertiary/aromatic N) is 2. The van der Waals surface area contributed by atoms with Crippen LogP contribution in [0.15, 0.2) is 0 Å². The number of urea groups is 1. The molecule has 0 aromatic carbocycles. The Hall–Kier alpha value is -0.770. The van der Waals surface area contributed by atoms with Gasteiger partial charge < -0.3 is 14.5 Å². The third-order valence-electron chi connectivity index (χ3n) is 3.38. The maximum atomic E-state index is 12.2. The monoisotopic (exact) mass is 212 g/mol. The summed E-state index contributed by atoms with van der Waals surface area (Å²) < 4.78 is 5.25. The van der Waals surface area contributed by atoms with E-state index in [1.807, 2.05) is 9.80 Å². The maximum Gasteiger partial charge on any atom is 0.320 e. The summed E-state index contributed by atoms with van der Waals surface area (Å²) >= 11 is 0. The number of likely N-dealkylation sites (tertiary alicyclic amines) is 1. The third-order valence-corrected chi connectivity index (χ3v) is 3.38. The minimum absolute atomic E-state index is 0.225. The van der Waals surface area contributed by atoms with Crippen molar-refractivity contribution in [2.24, 2.45) is 0 Å². The van der Waals surface area contributed by atoms with Crippen molar-refractivity contribution in [1.29, 1.82) is 0 Å². The lowest BCUT2D eigenvalue weighted by Gasteiger charge is -2.33. The highest BCUT2D eigenvalue weighted by Crippen LogP contribution is 2.21. The molecule has 0 radical (unpaired) electrons. The third kappa shape index (κ3) is 2.25. The van der Waals surface area contributed by atoms with Crippen LogP contribution in [-0.2, 0) is 4.74 Å². The van der Waals surface area contributed by atoms with Crippen LogP contribution in [0.4, 0.5) is 4.79 Å². The van der Waals surface area contributed by atoms with Crippen molar-refractivity contribution in [1.82, 2.24) is 9.80 Å². The van der Waals surface area contributed by atoms with Crippen LogP contribution in [0.2, 0.25) is 0 Å². The Morgan fingerprint density at radius 3 is 2.73 bits per heavy atom. The van der Waals surface area contributed by atoms with Gasteiger partial charge in [0.2, 0.25) is 0 Å². The van der Waals surface area contributed by atoms with Crippen LogP contribution in [0.5, 0.6) is 0 Å². The Kier molecular flexibility index (Phi) is 3.46. The van der Waals surface area contributed by atoms with E-state index in [0.29, 0.717) is 19.3 Å². The SMILES string of the molecule is CCC1CCCN1C(=O)N1CCOCC1. The number of hydrogen-bond acceptors (Lipinski definition) is 2. The highest BCUT2D eigenvalue weighted by atomic mass is 16.5. The van der Waals surface area contributed by atoms with Gasteiger partial charge in [0.25, 0.3) is 0 Å². The molecule has 0 spiro atoms. The average molecular weight is 212 g/mol. The van der Waals surface area contributed by atoms with Gasteiger partial charge in [-0.15, -0.1) is 0 Å². The maximum absolute atomic E-state index is 12.2. The van der Waals surface area contributed by atoms with E-state index in [1.165, 1.54) is 6.42 Å². The van der Waals surface area contributed by atoms with Gasteiger partial charge in [0.1, 0.15) is 0 Å². The number of carbonyl (C=O) groups is 1. The van der Waals surface area contributed by atoms with Crippen molar-refractivity contribution in [3.63, 3.8) is 0 Å². The van der Waals surface area contributed by atoms with Gasteiger partial charge in [0.05, 0.1) is 13.2 Å². The number of ether oxygens (including phenoxy) is 1. The fraction of sp³-hybridized carbons (Fsp3) is 0.909. The summed E-state index contributed by atoms with van der Waals surface area (Å²) in [5, 5.41) is 0. The van der Waals surface area contributed by atoms with Gasteiger partial charge in [-0.25, -0.2) is 4.79 Å². The van der Waals surface area contributed by atoms with Gasteiger partial charge in [0.15, 0.2) is 0 Å². The Balaban J connectivity index is 1.93. The number of hydrogen-bond donors (Lipinski definition) is 0. The molecule has 2 aliphatic rings. The van der Waals surface area contributed by atoms with E-state index in [2.05, 4.69) is 6.92 Å². The van der Waals surface area contributed by atoms with Crippen molar-refractivity contribution in [2.45, 2.75) is 32.2 Å². The topological polar surface area (TPSA) is 32.8 Å². The van der Waals surface area contributed by atoms with E-state index < -0.39 is 0 Å². The van der Waals surface area contributed by atoms with E-state index in [4.69, 9.17) is 4.74 Å². The molecule has 4 heteroatoms. The smallest absolute Gasteiger partial charge is 0.320 e. The van der Waals surface area contributed by atoms with E-state index in [9.17, 15) is 4.79 Å². The normalized spacial score (nSPS) is 27.1. The number of carbonyl (C=O) groups excluding carboxylic acids is 1. The lowest BCUT2D eigenvalue weighted by molar-refractivity contribution is 0.0421. The average Bonchev–Trinajstić information content (AvgIpc) is 2.77. The summed E-state index contributed by atoms with van der Waals surface area (Å²) in [6.07, 6.45) is 3.41. The zero-order chi connectivity index (χ0) is 10.7. The lowest BCUT2D eigenvalue weighted by Crippen LogP contribution is -2.49. The standard InChI is InChI=1S/C11H20N2O2/c1-2-10-4-3-5-13(10)11(14)12-6-8-15-9-7-12/h10H,2-9H2,1H3. The molecule has 86 valence electrons. The molecule has 0 N–H and O–H groups in total. The molecule has 2 fully saturated rings. The Morgan fingerprint density at radius 1 is 1.33 bits per heavy atom. The molecule has 0 saturated carbocycles. The number of morpholine rings is 1. The molecule has 0 aliphatic carbocycles. The summed E-state index contributed by atoms with van der Waals surface area (Å²) in [4.78, 5) is 16.1. The van der Waals surface area contributed by atoms with Crippen molar-refractivity contribution in [3.05, 3.63) is 0 Å². The summed E-state index contributed by atoms with van der Waals surface area (Å²) in [5.74, 6) is 0. The number of amides is 2. The Morgan fingerprint density at radius 2 is 2.07 bits per heavy atom. The fourth-order valence-corrected chi connectivity index (χ4v) is 2.45. The molecule has 15 heavy (non-hydrogen) atoms. The van der Waals surface area contributed by atoms with Gasteiger partial charge in [-0.05, 0) is 19.3 Å². The van der Waals surface area contributed by atoms with Crippen LogP contribution in [0, 0.1) is 0 Å². The van der Waals surface area contributed by atoms with Crippen LogP contribution in [0.3, 0.4) is 0 Å². The van der Waals surface area contributed by atoms with Gasteiger partial charge >= 0.3 is 6.03 Å². The van der Waals surface area contributed by atoms with Gasteiger partial charge in [-0.2, -0.15) is 0 Å². The Bertz CT molecular complexity index is 227. The van der Waals surface area contributed by atoms with E-state index in [1.54, 1.807) is 0 Å². The second-order valence-corrected chi connectivity index (χ2v) is 4.28. The molecule has 1 unspecified atom stereocenters. The van der Waals surface area contributed by atoms with E-state index in [0.717, 1.165) is 32.5 Å². The highest BCUT2D eigenvalue weighted by Gasteiger charge is 2.30. The molecule has 0 bridgehead atoms. The first-order chi connectivity index (χ1) is 7.33. The highest BCUT2D eigenvalue weighted by molar-refractivity contribution is 5.75. The largest absolute Gasteiger partial charge is 0.378 e. The second kappa shape index (κ2) is 4.84. The van der Waals surface area contributed by atoms with Crippen LogP contribution in [0.25, 0.3) is 0 Å². The summed E-state index contributed by atoms with van der Waals surface area (Å²) in [5.41, 5.74) is 0. The van der Waals surface area contributed by atoms with Crippen LogP contribution in [-0.4, -0.2) is 54.7 Å². The van der Waals surface area contributed by atoms with E-state index in [-0.39, 0.29) is 6.03 Å². The molecule has 2 saturated heterocycles. The predicted octanol–water partition coefficient (Wildman–Crippen LogP) is 1.31. The molecule has 0 aromatic rings. The van der Waals surface area contributed by atoms with Crippen molar-refractivity contribution in [3.8, 4) is 0 Å². The molecular formula is C11H20N2O2. The minimum Gasteiger partial charge on any atom is -0.378 e. The minimum atomic E-state index is 0.225.